The second-order valence-corrected chi connectivity index (χ2v) is 14.7. The Bertz CT molecular complexity index is 899. The van der Waals surface area contributed by atoms with Crippen LogP contribution in [-0.4, -0.2) is 11.6 Å². The summed E-state index contributed by atoms with van der Waals surface area (Å²) >= 11 is 0. The summed E-state index contributed by atoms with van der Waals surface area (Å²) in [6.07, 6.45) is 10.9. The highest BCUT2D eigenvalue weighted by atomic mass is 16.1. The highest BCUT2D eigenvalue weighted by Gasteiger charge is 2.71. The first-order valence-electron chi connectivity index (χ1n) is 13.4. The van der Waals surface area contributed by atoms with Crippen molar-refractivity contribution in [1.29, 1.82) is 0 Å². The third kappa shape index (κ3) is 2.54. The Hall–Kier alpha value is -0.920. The lowest BCUT2D eigenvalue weighted by Gasteiger charge is -2.74. The Balaban J connectivity index is 1.56. The van der Waals surface area contributed by atoms with Crippen LogP contribution in [0.2, 0.25) is 0 Å². The largest absolute Gasteiger partial charge is 0.299 e. The molecular formula is C30H46O2. The molecule has 0 spiro atoms. The van der Waals surface area contributed by atoms with E-state index in [2.05, 4.69) is 55.0 Å². The minimum absolute atomic E-state index is 0.00683. The van der Waals surface area contributed by atoms with E-state index >= 15 is 0 Å². The molecule has 2 nitrogen and oxygen atoms in total. The number of ketones is 2. The lowest BCUT2D eigenvalue weighted by atomic mass is 9.30. The van der Waals surface area contributed by atoms with Crippen molar-refractivity contribution in [3.8, 4) is 0 Å². The molecule has 32 heavy (non-hydrogen) atoms. The first-order chi connectivity index (χ1) is 14.6. The maximum atomic E-state index is 13.0. The Morgan fingerprint density at radius 3 is 2.06 bits per heavy atom. The Kier molecular flexibility index (Phi) is 4.57. The lowest BCUT2D eigenvalue weighted by Crippen LogP contribution is -2.67. The van der Waals surface area contributed by atoms with E-state index < -0.39 is 0 Å². The number of carbonyl (C=O) groups is 2. The molecule has 5 aliphatic rings. The van der Waals surface area contributed by atoms with Crippen LogP contribution in [0.1, 0.15) is 113 Å². The molecule has 0 amide bonds. The van der Waals surface area contributed by atoms with E-state index in [0.717, 1.165) is 31.3 Å². The molecule has 5 aliphatic carbocycles. The van der Waals surface area contributed by atoms with Gasteiger partial charge in [0, 0.05) is 18.3 Å². The van der Waals surface area contributed by atoms with Crippen LogP contribution in [0.3, 0.4) is 0 Å². The van der Waals surface area contributed by atoms with Gasteiger partial charge in [-0.25, -0.2) is 0 Å². The van der Waals surface area contributed by atoms with Crippen LogP contribution in [0.5, 0.6) is 0 Å². The van der Waals surface area contributed by atoms with Crippen LogP contribution in [0.4, 0.5) is 0 Å². The molecule has 0 heterocycles. The summed E-state index contributed by atoms with van der Waals surface area (Å²) < 4.78 is 0. The molecule has 5 rings (SSSR count). The topological polar surface area (TPSA) is 34.1 Å². The van der Waals surface area contributed by atoms with Gasteiger partial charge >= 0.3 is 0 Å². The molecule has 2 heteroatoms. The molecule has 0 radical (unpaired) electrons. The minimum Gasteiger partial charge on any atom is -0.299 e. The maximum Gasteiger partial charge on any atom is 0.158 e. The molecule has 178 valence electrons. The number of carbonyl (C=O) groups excluding carboxylic acids is 2. The predicted octanol–water partition coefficient (Wildman–Crippen LogP) is 7.56. The molecule has 8 unspecified atom stereocenters. The van der Waals surface area contributed by atoms with Crippen LogP contribution >= 0.6 is 0 Å². The monoisotopic (exact) mass is 438 g/mol. The van der Waals surface area contributed by atoms with Crippen molar-refractivity contribution in [2.24, 2.45) is 50.2 Å². The van der Waals surface area contributed by atoms with Gasteiger partial charge in [-0.2, -0.15) is 0 Å². The van der Waals surface area contributed by atoms with E-state index in [0.29, 0.717) is 46.6 Å². The molecule has 0 aromatic heterocycles. The number of allylic oxidation sites excluding steroid dienone is 1. The molecule has 0 bridgehead atoms. The zero-order valence-electron chi connectivity index (χ0n) is 21.8. The third-order valence-corrected chi connectivity index (χ3v) is 13.1. The molecule has 8 atom stereocenters. The smallest absolute Gasteiger partial charge is 0.158 e. The lowest BCUT2D eigenvalue weighted by molar-refractivity contribution is -0.246. The van der Waals surface area contributed by atoms with E-state index in [1.54, 1.807) is 0 Å². The van der Waals surface area contributed by atoms with Gasteiger partial charge in [-0.05, 0) is 102 Å². The highest BCUT2D eigenvalue weighted by Crippen LogP contribution is 2.78. The second-order valence-electron chi connectivity index (χ2n) is 14.7. The van der Waals surface area contributed by atoms with Crippen LogP contribution in [0.25, 0.3) is 0 Å². The fraction of sp³-hybridized carbons (Fsp3) is 0.867. The SMILES string of the molecule is C=C1C(=O)CCC2C1(C)CCC1C2(C)CCC2(C)C3CC(C)(C)C(=O)CC3(C)CCC12C. The zero-order valence-corrected chi connectivity index (χ0v) is 21.8. The summed E-state index contributed by atoms with van der Waals surface area (Å²) in [7, 11) is 0. The number of hydrogen-bond donors (Lipinski definition) is 0. The normalized spacial score (nSPS) is 54.8. The summed E-state index contributed by atoms with van der Waals surface area (Å²) in [5.41, 5.74) is 1.80. The zero-order chi connectivity index (χ0) is 23.5. The minimum atomic E-state index is -0.182. The fourth-order valence-corrected chi connectivity index (χ4v) is 10.7. The van der Waals surface area contributed by atoms with Gasteiger partial charge in [0.1, 0.15) is 5.78 Å². The molecule has 0 aliphatic heterocycles. The standard InChI is InChI=1S/C30H46O2/c1-19-20(31)9-10-21-27(19,5)12-11-22-28(21,6)14-16-30(8)23-17-25(2,3)24(32)18-26(23,4)13-15-29(22,30)7/h21-23H,1,9-18H2,2-8H3. The van der Waals surface area contributed by atoms with Crippen LogP contribution in [0, 0.1) is 50.2 Å². The van der Waals surface area contributed by atoms with Crippen molar-refractivity contribution >= 4 is 11.6 Å². The van der Waals surface area contributed by atoms with Gasteiger partial charge < -0.3 is 0 Å². The van der Waals surface area contributed by atoms with Crippen LogP contribution < -0.4 is 0 Å². The Morgan fingerprint density at radius 1 is 0.750 bits per heavy atom. The van der Waals surface area contributed by atoms with Gasteiger partial charge in [0.25, 0.3) is 0 Å². The number of fused-ring (bicyclic) bond motifs is 7. The van der Waals surface area contributed by atoms with E-state index in [-0.39, 0.29) is 21.7 Å². The molecule has 0 N–H and O–H groups in total. The quantitative estimate of drug-likeness (QED) is 0.366. The van der Waals surface area contributed by atoms with Crippen molar-refractivity contribution in [3.05, 3.63) is 12.2 Å². The van der Waals surface area contributed by atoms with Crippen molar-refractivity contribution in [2.75, 3.05) is 0 Å². The maximum absolute atomic E-state index is 13.0. The van der Waals surface area contributed by atoms with E-state index in [1.165, 1.54) is 32.1 Å². The van der Waals surface area contributed by atoms with Crippen molar-refractivity contribution in [3.63, 3.8) is 0 Å². The van der Waals surface area contributed by atoms with E-state index in [4.69, 9.17) is 0 Å². The van der Waals surface area contributed by atoms with Crippen LogP contribution in [0.15, 0.2) is 12.2 Å². The Morgan fingerprint density at radius 2 is 1.38 bits per heavy atom. The van der Waals surface area contributed by atoms with Gasteiger partial charge in [-0.15, -0.1) is 0 Å². The van der Waals surface area contributed by atoms with Gasteiger partial charge in [0.2, 0.25) is 0 Å². The van der Waals surface area contributed by atoms with Gasteiger partial charge in [0.15, 0.2) is 5.78 Å². The average molecular weight is 439 g/mol. The van der Waals surface area contributed by atoms with Crippen molar-refractivity contribution < 1.29 is 9.59 Å². The van der Waals surface area contributed by atoms with Gasteiger partial charge in [-0.3, -0.25) is 9.59 Å². The number of Topliss-reactive ketones (excluding diaryl/α,β-unsaturated/α-hetero) is 2. The molecule has 5 saturated carbocycles. The van der Waals surface area contributed by atoms with E-state index in [9.17, 15) is 9.59 Å². The third-order valence-electron chi connectivity index (χ3n) is 13.1. The summed E-state index contributed by atoms with van der Waals surface area (Å²) in [6.45, 7) is 21.4. The number of hydrogen-bond acceptors (Lipinski definition) is 2. The molecule has 0 aromatic rings. The van der Waals surface area contributed by atoms with Crippen molar-refractivity contribution in [2.45, 2.75) is 113 Å². The second kappa shape index (κ2) is 6.39. The summed E-state index contributed by atoms with van der Waals surface area (Å²) in [5, 5.41) is 0. The van der Waals surface area contributed by atoms with Crippen LogP contribution in [-0.2, 0) is 9.59 Å². The van der Waals surface area contributed by atoms with Crippen molar-refractivity contribution in [1.82, 2.24) is 0 Å². The fourth-order valence-electron chi connectivity index (χ4n) is 10.7. The molecule has 0 saturated heterocycles. The van der Waals surface area contributed by atoms with Gasteiger partial charge in [-0.1, -0.05) is 55.0 Å². The Labute approximate surface area is 196 Å². The summed E-state index contributed by atoms with van der Waals surface area (Å²) in [4.78, 5) is 25.6. The highest BCUT2D eigenvalue weighted by molar-refractivity contribution is 5.97. The molecule has 5 fully saturated rings. The summed E-state index contributed by atoms with van der Waals surface area (Å²) in [5.74, 6) is 2.72. The first kappa shape index (κ1) is 22.9. The number of rotatable bonds is 0. The first-order valence-corrected chi connectivity index (χ1v) is 13.4. The predicted molar refractivity (Wildman–Crippen MR) is 130 cm³/mol. The summed E-state index contributed by atoms with van der Waals surface area (Å²) in [6, 6.07) is 0. The molecular weight excluding hydrogens is 392 g/mol. The van der Waals surface area contributed by atoms with E-state index in [1.807, 2.05) is 0 Å². The van der Waals surface area contributed by atoms with Gasteiger partial charge in [0.05, 0.1) is 0 Å². The average Bonchev–Trinajstić information content (AvgIpc) is 2.70. The molecule has 0 aromatic carbocycles.